The lowest BCUT2D eigenvalue weighted by Crippen LogP contribution is -2.56. The van der Waals surface area contributed by atoms with Gasteiger partial charge in [-0.05, 0) is 61.1 Å². The fraction of sp³-hybridized carbons (Fsp3) is 0.405. The van der Waals surface area contributed by atoms with Gasteiger partial charge in [-0.25, -0.2) is 4.79 Å². The summed E-state index contributed by atoms with van der Waals surface area (Å²) in [5.74, 6) is -1.07. The Bertz CT molecular complexity index is 1560. The summed E-state index contributed by atoms with van der Waals surface area (Å²) in [7, 11) is 3.20. The summed E-state index contributed by atoms with van der Waals surface area (Å²) in [5.41, 5.74) is 1.01. The zero-order chi connectivity index (χ0) is 34.0. The molecule has 4 rings (SSSR count). The molecule has 0 aromatic heterocycles. The van der Waals surface area contributed by atoms with Crippen LogP contribution in [0.4, 0.5) is 4.79 Å². The number of likely N-dealkylation sites (N-methyl/N-ethyl adjacent to an activating group) is 2. The summed E-state index contributed by atoms with van der Waals surface area (Å²) >= 11 is 0. The molecule has 0 aliphatic carbocycles. The van der Waals surface area contributed by atoms with Crippen molar-refractivity contribution in [3.05, 3.63) is 96.1 Å². The maximum Gasteiger partial charge on any atom is 0.405 e. The molecule has 3 aromatic carbocycles. The highest BCUT2D eigenvalue weighted by Crippen LogP contribution is 2.23. The highest BCUT2D eigenvalue weighted by molar-refractivity contribution is 5.95. The number of nitrogens with one attached hydrogen (secondary N) is 2. The minimum atomic E-state index is -1.15. The van der Waals surface area contributed by atoms with E-state index in [-0.39, 0.29) is 30.8 Å². The highest BCUT2D eigenvalue weighted by atomic mass is 16.5. The smallest absolute Gasteiger partial charge is 0.405 e. The van der Waals surface area contributed by atoms with E-state index < -0.39 is 29.6 Å². The van der Waals surface area contributed by atoms with Crippen molar-refractivity contribution in [1.29, 1.82) is 0 Å². The summed E-state index contributed by atoms with van der Waals surface area (Å²) in [6, 6.07) is 21.5. The first-order chi connectivity index (χ1) is 22.4. The maximum absolute atomic E-state index is 14.5. The molecular weight excluding hydrogens is 596 g/mol. The number of hydrogen-bond donors (Lipinski definition) is 3. The van der Waals surface area contributed by atoms with Crippen LogP contribution in [0.1, 0.15) is 44.2 Å². The Morgan fingerprint density at radius 1 is 0.936 bits per heavy atom. The fourth-order valence-electron chi connectivity index (χ4n) is 5.90. The summed E-state index contributed by atoms with van der Waals surface area (Å²) in [5, 5.41) is 16.6. The van der Waals surface area contributed by atoms with Gasteiger partial charge in [-0.2, -0.15) is 0 Å². The quantitative estimate of drug-likeness (QED) is 0.221. The van der Waals surface area contributed by atoms with E-state index in [4.69, 9.17) is 9.84 Å². The molecular formula is C37H46N4O6. The first kappa shape index (κ1) is 35.2. The first-order valence-electron chi connectivity index (χ1n) is 16.1. The molecule has 47 heavy (non-hydrogen) atoms. The molecule has 3 aromatic rings. The number of carbonyl (C=O) groups excluding carboxylic acids is 3. The number of nitrogens with zero attached hydrogens (tertiary/aromatic N) is 2. The highest BCUT2D eigenvalue weighted by Gasteiger charge is 2.35. The largest absolute Gasteiger partial charge is 0.465 e. The minimum absolute atomic E-state index is 0.0531. The molecule has 1 fully saturated rings. The van der Waals surface area contributed by atoms with E-state index in [2.05, 4.69) is 10.6 Å². The summed E-state index contributed by atoms with van der Waals surface area (Å²) in [6.07, 6.45) is 4.37. The third-order valence-electron chi connectivity index (χ3n) is 8.64. The van der Waals surface area contributed by atoms with Crippen LogP contribution < -0.4 is 10.6 Å². The van der Waals surface area contributed by atoms with Crippen LogP contribution in [0.25, 0.3) is 10.8 Å². The van der Waals surface area contributed by atoms with Gasteiger partial charge in [0.05, 0.1) is 6.10 Å². The fourth-order valence-corrected chi connectivity index (χ4v) is 5.90. The molecule has 10 heteroatoms. The number of ether oxygens (including phenoxy) is 1. The molecule has 0 saturated carbocycles. The predicted molar refractivity (Wildman–Crippen MR) is 182 cm³/mol. The molecule has 0 spiro atoms. The van der Waals surface area contributed by atoms with Crippen molar-refractivity contribution in [2.24, 2.45) is 0 Å². The van der Waals surface area contributed by atoms with Gasteiger partial charge < -0.3 is 30.3 Å². The van der Waals surface area contributed by atoms with Crippen molar-refractivity contribution in [2.75, 3.05) is 27.2 Å². The van der Waals surface area contributed by atoms with Gasteiger partial charge in [0.15, 0.2) is 0 Å². The predicted octanol–water partition coefficient (Wildman–Crippen LogP) is 4.57. The van der Waals surface area contributed by atoms with E-state index in [1.54, 1.807) is 34.0 Å². The summed E-state index contributed by atoms with van der Waals surface area (Å²) < 4.78 is 5.70. The number of amides is 4. The Morgan fingerprint density at radius 2 is 1.64 bits per heavy atom. The number of benzene rings is 3. The van der Waals surface area contributed by atoms with Gasteiger partial charge in [0, 0.05) is 45.6 Å². The number of rotatable bonds is 14. The Kier molecular flexibility index (Phi) is 12.1. The molecule has 3 atom stereocenters. The van der Waals surface area contributed by atoms with E-state index in [1.165, 1.54) is 15.9 Å². The van der Waals surface area contributed by atoms with Gasteiger partial charge in [0.25, 0.3) is 0 Å². The SMILES string of the molecule is CN(C(=O)C=CCC(C)(C)NC(=O)O)[C@H](Cc1cccc2ccccc12)C(=O)N(C)[C@H](Cc1ccccc1)C(=O)NCC1CCCO1. The van der Waals surface area contributed by atoms with E-state index in [9.17, 15) is 19.2 Å². The summed E-state index contributed by atoms with van der Waals surface area (Å²) in [6.45, 7) is 4.48. The number of hydrogen-bond acceptors (Lipinski definition) is 5. The zero-order valence-electron chi connectivity index (χ0n) is 27.6. The lowest BCUT2D eigenvalue weighted by Gasteiger charge is -2.34. The van der Waals surface area contributed by atoms with Crippen LogP contribution >= 0.6 is 0 Å². The maximum atomic E-state index is 14.5. The van der Waals surface area contributed by atoms with E-state index in [0.717, 1.165) is 34.7 Å². The lowest BCUT2D eigenvalue weighted by molar-refractivity contribution is -0.146. The zero-order valence-corrected chi connectivity index (χ0v) is 27.6. The van der Waals surface area contributed by atoms with Gasteiger partial charge >= 0.3 is 6.09 Å². The second kappa shape index (κ2) is 16.2. The third-order valence-corrected chi connectivity index (χ3v) is 8.64. The number of carbonyl (C=O) groups is 4. The number of carboxylic acid groups (broad SMARTS) is 1. The average molecular weight is 643 g/mol. The van der Waals surface area contributed by atoms with E-state index in [0.29, 0.717) is 19.6 Å². The molecule has 0 bridgehead atoms. The lowest BCUT2D eigenvalue weighted by atomic mass is 9.96. The number of fused-ring (bicyclic) bond motifs is 1. The molecule has 0 radical (unpaired) electrons. The standard InChI is InChI=1S/C37H46N4O6/c1-37(2,39-36(45)46)21-11-20-33(42)40(3)32(24-28-17-10-16-27-15-8-9-19-30(27)28)35(44)41(4)31(23-26-13-6-5-7-14-26)34(43)38-25-29-18-12-22-47-29/h5-11,13-17,19-20,29,31-32,39H,12,18,21-25H2,1-4H3,(H,38,43)(H,45,46)/t29?,31-,32-/m1/s1. The molecule has 1 unspecified atom stereocenters. The average Bonchev–Trinajstić information content (AvgIpc) is 3.58. The molecule has 4 amide bonds. The Hall–Kier alpha value is -4.70. The van der Waals surface area contributed by atoms with Crippen LogP contribution in [0.2, 0.25) is 0 Å². The molecule has 3 N–H and O–H groups in total. The molecule has 1 saturated heterocycles. The van der Waals surface area contributed by atoms with E-state index in [1.807, 2.05) is 72.8 Å². The molecule has 250 valence electrons. The third kappa shape index (κ3) is 9.89. The van der Waals surface area contributed by atoms with Crippen molar-refractivity contribution in [1.82, 2.24) is 20.4 Å². The van der Waals surface area contributed by atoms with Gasteiger partial charge in [-0.15, -0.1) is 0 Å². The summed E-state index contributed by atoms with van der Waals surface area (Å²) in [4.78, 5) is 55.8. The molecule has 1 heterocycles. The van der Waals surface area contributed by atoms with Crippen LogP contribution in [0.15, 0.2) is 84.9 Å². The van der Waals surface area contributed by atoms with Crippen LogP contribution in [0.3, 0.4) is 0 Å². The monoisotopic (exact) mass is 642 g/mol. The Balaban J connectivity index is 1.63. The van der Waals surface area contributed by atoms with Crippen LogP contribution in [0.5, 0.6) is 0 Å². The minimum Gasteiger partial charge on any atom is -0.465 e. The molecule has 1 aliphatic heterocycles. The molecule has 1 aliphatic rings. The van der Waals surface area contributed by atoms with Crippen molar-refractivity contribution < 1.29 is 29.0 Å². The first-order valence-corrected chi connectivity index (χ1v) is 16.1. The Morgan fingerprint density at radius 3 is 2.34 bits per heavy atom. The van der Waals surface area contributed by atoms with Gasteiger partial charge in [0.1, 0.15) is 12.1 Å². The van der Waals surface area contributed by atoms with Crippen LogP contribution in [0, 0.1) is 0 Å². The van der Waals surface area contributed by atoms with Crippen LogP contribution in [-0.4, -0.2) is 89.7 Å². The van der Waals surface area contributed by atoms with Crippen molar-refractivity contribution in [2.45, 2.75) is 69.7 Å². The van der Waals surface area contributed by atoms with E-state index >= 15 is 0 Å². The van der Waals surface area contributed by atoms with Gasteiger partial charge in [-0.1, -0.05) is 78.9 Å². The normalized spacial score (nSPS) is 16.0. The Labute approximate surface area is 276 Å². The topological polar surface area (TPSA) is 128 Å². The second-order valence-corrected chi connectivity index (χ2v) is 12.8. The van der Waals surface area contributed by atoms with Crippen LogP contribution in [-0.2, 0) is 32.0 Å². The van der Waals surface area contributed by atoms with Gasteiger partial charge in [0.2, 0.25) is 17.7 Å². The second-order valence-electron chi connectivity index (χ2n) is 12.8. The van der Waals surface area contributed by atoms with Crippen molar-refractivity contribution in [3.63, 3.8) is 0 Å². The molecule has 10 nitrogen and oxygen atoms in total. The van der Waals surface area contributed by atoms with Crippen molar-refractivity contribution in [3.8, 4) is 0 Å². The van der Waals surface area contributed by atoms with Gasteiger partial charge in [-0.3, -0.25) is 14.4 Å². The van der Waals surface area contributed by atoms with Crippen molar-refractivity contribution >= 4 is 34.6 Å².